The van der Waals surface area contributed by atoms with E-state index in [0.717, 1.165) is 11.3 Å². The number of aliphatic hydroxyl groups is 1. The molecule has 2 aromatic rings. The third-order valence-electron chi connectivity index (χ3n) is 2.32. The van der Waals surface area contributed by atoms with Gasteiger partial charge in [-0.2, -0.15) is 0 Å². The molecule has 0 amide bonds. The van der Waals surface area contributed by atoms with Gasteiger partial charge in [-0.15, -0.1) is 0 Å². The lowest BCUT2D eigenvalue weighted by molar-refractivity contribution is 0.200. The Bertz CT molecular complexity index is 500. The summed E-state index contributed by atoms with van der Waals surface area (Å²) in [6.45, 7) is 0.208. The minimum absolute atomic E-state index is 0.0301. The van der Waals surface area contributed by atoms with E-state index in [1.54, 1.807) is 19.5 Å². The molecule has 0 saturated carbocycles. The first-order valence-electron chi connectivity index (χ1n) is 5.53. The van der Waals surface area contributed by atoms with E-state index in [9.17, 15) is 0 Å². The van der Waals surface area contributed by atoms with Crippen molar-refractivity contribution < 1.29 is 14.6 Å². The van der Waals surface area contributed by atoms with Gasteiger partial charge < -0.3 is 14.6 Å². The van der Waals surface area contributed by atoms with Gasteiger partial charge in [-0.1, -0.05) is 12.1 Å². The highest BCUT2D eigenvalue weighted by Gasteiger charge is 2.03. The summed E-state index contributed by atoms with van der Waals surface area (Å²) in [5.41, 5.74) is 0.878. The molecule has 0 unspecified atom stereocenters. The topological polar surface area (TPSA) is 64.5 Å². The van der Waals surface area contributed by atoms with Gasteiger partial charge in [0, 0.05) is 5.56 Å². The van der Waals surface area contributed by atoms with E-state index in [-0.39, 0.29) is 13.2 Å². The number of aliphatic hydroxyl groups excluding tert-OH is 1. The minimum atomic E-state index is -0.0301. The summed E-state index contributed by atoms with van der Waals surface area (Å²) in [5.74, 6) is 1.90. The Morgan fingerprint density at radius 3 is 2.61 bits per heavy atom. The molecule has 0 atom stereocenters. The van der Waals surface area contributed by atoms with E-state index in [1.807, 2.05) is 24.3 Å². The Hall–Kier alpha value is -2.14. The molecule has 1 aromatic heterocycles. The summed E-state index contributed by atoms with van der Waals surface area (Å²) in [4.78, 5) is 8.41. The third-order valence-corrected chi connectivity index (χ3v) is 2.32. The van der Waals surface area contributed by atoms with E-state index in [0.29, 0.717) is 11.6 Å². The zero-order valence-corrected chi connectivity index (χ0v) is 10.0. The summed E-state index contributed by atoms with van der Waals surface area (Å²) in [6, 6.07) is 7.52. The third kappa shape index (κ3) is 2.95. The van der Waals surface area contributed by atoms with Crippen LogP contribution in [0.1, 0.15) is 0 Å². The lowest BCUT2D eigenvalue weighted by atomic mass is 10.2. The maximum atomic E-state index is 8.64. The van der Waals surface area contributed by atoms with E-state index >= 15 is 0 Å². The highest BCUT2D eigenvalue weighted by atomic mass is 16.5. The van der Waals surface area contributed by atoms with Gasteiger partial charge in [-0.25, -0.2) is 9.97 Å². The summed E-state index contributed by atoms with van der Waals surface area (Å²) in [5, 5.41) is 8.64. The fourth-order valence-corrected chi connectivity index (χ4v) is 1.47. The van der Waals surface area contributed by atoms with Gasteiger partial charge in [0.15, 0.2) is 11.6 Å². The van der Waals surface area contributed by atoms with Crippen LogP contribution in [0.3, 0.4) is 0 Å². The van der Waals surface area contributed by atoms with Crippen molar-refractivity contribution in [1.29, 1.82) is 0 Å². The molecule has 0 radical (unpaired) electrons. The van der Waals surface area contributed by atoms with Gasteiger partial charge >= 0.3 is 0 Å². The molecule has 94 valence electrons. The van der Waals surface area contributed by atoms with Crippen molar-refractivity contribution in [1.82, 2.24) is 9.97 Å². The van der Waals surface area contributed by atoms with Gasteiger partial charge in [-0.05, 0) is 12.1 Å². The summed E-state index contributed by atoms with van der Waals surface area (Å²) >= 11 is 0. The molecule has 0 saturated heterocycles. The Morgan fingerprint density at radius 2 is 1.94 bits per heavy atom. The average molecular weight is 246 g/mol. The molecule has 5 nitrogen and oxygen atoms in total. The van der Waals surface area contributed by atoms with Crippen LogP contribution in [0.5, 0.6) is 11.5 Å². The number of hydrogen-bond donors (Lipinski definition) is 1. The zero-order valence-electron chi connectivity index (χ0n) is 10.0. The van der Waals surface area contributed by atoms with Gasteiger partial charge in [0.25, 0.3) is 0 Å². The fraction of sp³-hybridized carbons (Fsp3) is 0.231. The molecule has 1 heterocycles. The van der Waals surface area contributed by atoms with Crippen molar-refractivity contribution >= 4 is 0 Å². The molecule has 5 heteroatoms. The van der Waals surface area contributed by atoms with Crippen molar-refractivity contribution in [2.75, 3.05) is 20.3 Å². The van der Waals surface area contributed by atoms with E-state index in [2.05, 4.69) is 9.97 Å². The van der Waals surface area contributed by atoms with Crippen LogP contribution in [0.4, 0.5) is 0 Å². The Kier molecular flexibility index (Phi) is 4.09. The molecule has 0 spiro atoms. The minimum Gasteiger partial charge on any atom is -0.497 e. The number of aromatic nitrogens is 2. The van der Waals surface area contributed by atoms with Crippen molar-refractivity contribution in [3.63, 3.8) is 0 Å². The van der Waals surface area contributed by atoms with Crippen LogP contribution in [0.15, 0.2) is 36.7 Å². The van der Waals surface area contributed by atoms with Crippen LogP contribution in [0.2, 0.25) is 0 Å². The Balaban J connectivity index is 2.17. The van der Waals surface area contributed by atoms with E-state index in [1.165, 1.54) is 0 Å². The molecular formula is C13H14N2O3. The van der Waals surface area contributed by atoms with Crippen LogP contribution in [-0.2, 0) is 0 Å². The van der Waals surface area contributed by atoms with Crippen LogP contribution >= 0.6 is 0 Å². The molecule has 0 aliphatic carbocycles. The number of ether oxygens (including phenoxy) is 2. The Morgan fingerprint density at radius 1 is 1.17 bits per heavy atom. The van der Waals surface area contributed by atoms with Crippen LogP contribution < -0.4 is 9.47 Å². The lowest BCUT2D eigenvalue weighted by Gasteiger charge is -2.05. The van der Waals surface area contributed by atoms with E-state index < -0.39 is 0 Å². The Labute approximate surface area is 105 Å². The highest BCUT2D eigenvalue weighted by molar-refractivity contribution is 5.57. The zero-order chi connectivity index (χ0) is 12.8. The maximum Gasteiger partial charge on any atom is 0.159 e. The number of nitrogens with zero attached hydrogens (tertiary/aromatic N) is 2. The van der Waals surface area contributed by atoms with E-state index in [4.69, 9.17) is 14.6 Å². The summed E-state index contributed by atoms with van der Waals surface area (Å²) in [7, 11) is 1.62. The fourth-order valence-electron chi connectivity index (χ4n) is 1.47. The van der Waals surface area contributed by atoms with Gasteiger partial charge in [-0.3, -0.25) is 0 Å². The molecule has 0 bridgehead atoms. The maximum absolute atomic E-state index is 8.64. The average Bonchev–Trinajstić information content (AvgIpc) is 2.46. The normalized spacial score (nSPS) is 10.1. The molecule has 1 aromatic carbocycles. The summed E-state index contributed by atoms with van der Waals surface area (Å²) < 4.78 is 10.3. The smallest absolute Gasteiger partial charge is 0.159 e. The second-order valence-electron chi connectivity index (χ2n) is 3.55. The number of methoxy groups -OCH3 is 1. The SMILES string of the molecule is COc1cccc(-c2ncc(OCCO)cn2)c1. The molecule has 2 rings (SSSR count). The largest absolute Gasteiger partial charge is 0.497 e. The molecule has 0 aliphatic rings. The lowest BCUT2D eigenvalue weighted by Crippen LogP contribution is -2.02. The van der Waals surface area contributed by atoms with Crippen molar-refractivity contribution in [2.24, 2.45) is 0 Å². The number of hydrogen-bond acceptors (Lipinski definition) is 5. The van der Waals surface area contributed by atoms with Crippen LogP contribution in [0, 0.1) is 0 Å². The molecule has 0 fully saturated rings. The molecule has 0 aliphatic heterocycles. The first-order chi connectivity index (χ1) is 8.83. The number of benzene rings is 1. The van der Waals surface area contributed by atoms with Gasteiger partial charge in [0.05, 0.1) is 26.1 Å². The second-order valence-corrected chi connectivity index (χ2v) is 3.55. The monoisotopic (exact) mass is 246 g/mol. The molecule has 1 N–H and O–H groups in total. The predicted molar refractivity (Wildman–Crippen MR) is 66.6 cm³/mol. The first kappa shape index (κ1) is 12.3. The molecular weight excluding hydrogens is 232 g/mol. The van der Waals surface area contributed by atoms with Crippen molar-refractivity contribution in [3.05, 3.63) is 36.7 Å². The van der Waals surface area contributed by atoms with Crippen LogP contribution in [-0.4, -0.2) is 35.4 Å². The number of rotatable bonds is 5. The van der Waals surface area contributed by atoms with Crippen molar-refractivity contribution in [3.8, 4) is 22.9 Å². The quantitative estimate of drug-likeness (QED) is 0.866. The highest BCUT2D eigenvalue weighted by Crippen LogP contribution is 2.21. The standard InChI is InChI=1S/C13H14N2O3/c1-17-11-4-2-3-10(7-11)13-14-8-12(9-15-13)18-6-5-16/h2-4,7-9,16H,5-6H2,1H3. The van der Waals surface area contributed by atoms with Gasteiger partial charge in [0.1, 0.15) is 12.4 Å². The second kappa shape index (κ2) is 5.97. The predicted octanol–water partition coefficient (Wildman–Crippen LogP) is 1.52. The van der Waals surface area contributed by atoms with Crippen molar-refractivity contribution in [2.45, 2.75) is 0 Å². The van der Waals surface area contributed by atoms with Gasteiger partial charge in [0.2, 0.25) is 0 Å². The van der Waals surface area contributed by atoms with Crippen LogP contribution in [0.25, 0.3) is 11.4 Å². The first-order valence-corrected chi connectivity index (χ1v) is 5.53. The molecule has 18 heavy (non-hydrogen) atoms. The summed E-state index contributed by atoms with van der Waals surface area (Å²) in [6.07, 6.45) is 3.16.